The summed E-state index contributed by atoms with van der Waals surface area (Å²) in [4.78, 5) is 21.9. The molecular formula is C20H17F4N5O. The number of alkyl halides is 4. The van der Waals surface area contributed by atoms with E-state index in [0.717, 1.165) is 12.1 Å². The van der Waals surface area contributed by atoms with E-state index in [2.05, 4.69) is 15.1 Å². The van der Waals surface area contributed by atoms with E-state index in [1.807, 2.05) is 0 Å². The quantitative estimate of drug-likeness (QED) is 0.465. The van der Waals surface area contributed by atoms with E-state index in [4.69, 9.17) is 0 Å². The molecule has 30 heavy (non-hydrogen) atoms. The number of carbonyl (C=O) groups excluding carboxylic acids is 1. The Hall–Kier alpha value is -3.56. The average molecular weight is 419 g/mol. The van der Waals surface area contributed by atoms with Crippen molar-refractivity contribution in [3.05, 3.63) is 65.7 Å². The van der Waals surface area contributed by atoms with Crippen LogP contribution in [-0.2, 0) is 17.6 Å². The molecule has 1 aromatic carbocycles. The van der Waals surface area contributed by atoms with Gasteiger partial charge in [0.1, 0.15) is 13.0 Å². The lowest BCUT2D eigenvalue weighted by Crippen LogP contribution is -2.23. The molecule has 1 amide bonds. The molecule has 2 aromatic heterocycles. The molecule has 0 N–H and O–H groups in total. The number of hydrogen-bond acceptors (Lipinski definition) is 4. The Morgan fingerprint density at radius 3 is 2.60 bits per heavy atom. The van der Waals surface area contributed by atoms with Gasteiger partial charge in [-0.1, -0.05) is 6.07 Å². The normalized spacial score (nSPS) is 12.1. The summed E-state index contributed by atoms with van der Waals surface area (Å²) in [7, 11) is 3.17. The Kier molecular flexibility index (Phi) is 5.95. The van der Waals surface area contributed by atoms with Crippen LogP contribution in [0, 0.1) is 0 Å². The van der Waals surface area contributed by atoms with E-state index in [0.29, 0.717) is 5.56 Å². The second-order valence-electron chi connectivity index (χ2n) is 6.58. The van der Waals surface area contributed by atoms with Crippen LogP contribution in [0.2, 0.25) is 0 Å². The molecule has 6 nitrogen and oxygen atoms in total. The number of halogens is 4. The summed E-state index contributed by atoms with van der Waals surface area (Å²) in [6, 6.07) is 6.22. The standard InChI is InChI=1S/C20H17F4N5O/c1-28(2)19(30)17(14-4-3-5-25-10-14)11-29-12-26-18(27-29)15-6-13(9-21)7-16(8-15)20(22,23)24/h3-8,10-12H,9H2,1-2H3. The molecule has 0 bridgehead atoms. The first-order valence-corrected chi connectivity index (χ1v) is 8.71. The number of rotatable bonds is 5. The minimum Gasteiger partial charge on any atom is -0.345 e. The van der Waals surface area contributed by atoms with Crippen molar-refractivity contribution in [2.24, 2.45) is 0 Å². The van der Waals surface area contributed by atoms with E-state index in [1.54, 1.807) is 32.4 Å². The Bertz CT molecular complexity index is 1070. The molecule has 3 aromatic rings. The number of pyridine rings is 1. The predicted octanol–water partition coefficient (Wildman–Crippen LogP) is 3.91. The van der Waals surface area contributed by atoms with Crippen molar-refractivity contribution in [2.45, 2.75) is 12.9 Å². The fraction of sp³-hybridized carbons (Fsp3) is 0.200. The lowest BCUT2D eigenvalue weighted by molar-refractivity contribution is -0.137. The van der Waals surface area contributed by atoms with Crippen LogP contribution in [0.1, 0.15) is 16.7 Å². The Morgan fingerprint density at radius 1 is 1.23 bits per heavy atom. The Labute approximate surface area is 169 Å². The van der Waals surface area contributed by atoms with Gasteiger partial charge in [0.05, 0.1) is 11.1 Å². The highest BCUT2D eigenvalue weighted by atomic mass is 19.4. The van der Waals surface area contributed by atoms with Gasteiger partial charge in [-0.25, -0.2) is 14.1 Å². The molecule has 0 saturated carbocycles. The van der Waals surface area contributed by atoms with Crippen molar-refractivity contribution in [1.29, 1.82) is 0 Å². The summed E-state index contributed by atoms with van der Waals surface area (Å²) in [6.07, 6.45) is 1.09. The third kappa shape index (κ3) is 4.70. The lowest BCUT2D eigenvalue weighted by Gasteiger charge is -2.13. The number of nitrogens with zero attached hydrogens (tertiary/aromatic N) is 5. The van der Waals surface area contributed by atoms with Crippen LogP contribution < -0.4 is 0 Å². The third-order valence-electron chi connectivity index (χ3n) is 4.11. The second kappa shape index (κ2) is 8.44. The van der Waals surface area contributed by atoms with Crippen molar-refractivity contribution < 1.29 is 22.4 Å². The number of carbonyl (C=O) groups is 1. The average Bonchev–Trinajstić information content (AvgIpc) is 3.20. The van der Waals surface area contributed by atoms with Gasteiger partial charge in [0.25, 0.3) is 5.91 Å². The SMILES string of the molecule is CN(C)C(=O)C(=Cn1cnc(-c2cc(CF)cc(C(F)(F)F)c2)n1)c1cccnc1. The van der Waals surface area contributed by atoms with Gasteiger partial charge in [-0.3, -0.25) is 9.78 Å². The predicted molar refractivity (Wildman–Crippen MR) is 102 cm³/mol. The minimum absolute atomic E-state index is 0.0199. The van der Waals surface area contributed by atoms with Gasteiger partial charge in [0.2, 0.25) is 0 Å². The van der Waals surface area contributed by atoms with Crippen LogP contribution in [0.5, 0.6) is 0 Å². The molecule has 3 rings (SSSR count). The maximum absolute atomic E-state index is 13.1. The topological polar surface area (TPSA) is 63.9 Å². The molecule has 0 aliphatic carbocycles. The van der Waals surface area contributed by atoms with Crippen LogP contribution in [0.3, 0.4) is 0 Å². The molecule has 0 atom stereocenters. The summed E-state index contributed by atoms with van der Waals surface area (Å²) in [6.45, 7) is -1.06. The van der Waals surface area contributed by atoms with Crippen molar-refractivity contribution in [3.63, 3.8) is 0 Å². The van der Waals surface area contributed by atoms with E-state index in [-0.39, 0.29) is 28.4 Å². The molecule has 156 valence electrons. The second-order valence-corrected chi connectivity index (χ2v) is 6.58. The van der Waals surface area contributed by atoms with Gasteiger partial charge in [-0.2, -0.15) is 13.2 Å². The zero-order valence-electron chi connectivity index (χ0n) is 16.1. The summed E-state index contributed by atoms with van der Waals surface area (Å²) in [5.41, 5.74) is -0.305. The van der Waals surface area contributed by atoms with Crippen LogP contribution in [0.25, 0.3) is 23.2 Å². The first-order chi connectivity index (χ1) is 14.2. The zero-order valence-corrected chi connectivity index (χ0v) is 16.1. The summed E-state index contributed by atoms with van der Waals surface area (Å²) in [5.74, 6) is -0.353. The number of benzene rings is 1. The summed E-state index contributed by atoms with van der Waals surface area (Å²) < 4.78 is 53.6. The zero-order chi connectivity index (χ0) is 21.9. The monoisotopic (exact) mass is 419 g/mol. The maximum atomic E-state index is 13.1. The number of likely N-dealkylation sites (N-methyl/N-ethyl adjacent to an activating group) is 1. The van der Waals surface area contributed by atoms with Crippen LogP contribution in [-0.4, -0.2) is 44.7 Å². The molecule has 0 saturated heterocycles. The fourth-order valence-electron chi connectivity index (χ4n) is 2.68. The van der Waals surface area contributed by atoms with E-state index in [9.17, 15) is 22.4 Å². The smallest absolute Gasteiger partial charge is 0.345 e. The van der Waals surface area contributed by atoms with E-state index < -0.39 is 18.4 Å². The number of aromatic nitrogens is 4. The van der Waals surface area contributed by atoms with Crippen LogP contribution >= 0.6 is 0 Å². The molecule has 0 unspecified atom stereocenters. The minimum atomic E-state index is -4.63. The molecule has 0 aliphatic rings. The fourth-order valence-corrected chi connectivity index (χ4v) is 2.68. The number of hydrogen-bond donors (Lipinski definition) is 0. The van der Waals surface area contributed by atoms with E-state index in [1.165, 1.54) is 34.4 Å². The Balaban J connectivity index is 2.04. The highest BCUT2D eigenvalue weighted by molar-refractivity contribution is 6.22. The van der Waals surface area contributed by atoms with Gasteiger partial charge < -0.3 is 4.90 Å². The summed E-state index contributed by atoms with van der Waals surface area (Å²) >= 11 is 0. The van der Waals surface area contributed by atoms with Crippen molar-refractivity contribution in [3.8, 4) is 11.4 Å². The van der Waals surface area contributed by atoms with Gasteiger partial charge >= 0.3 is 6.18 Å². The molecule has 10 heteroatoms. The van der Waals surface area contributed by atoms with Gasteiger partial charge in [-0.05, 0) is 29.8 Å². The first kappa shape index (κ1) is 21.2. The summed E-state index contributed by atoms with van der Waals surface area (Å²) in [5, 5.41) is 4.13. The molecule has 0 fully saturated rings. The molecule has 0 aliphatic heterocycles. The first-order valence-electron chi connectivity index (χ1n) is 8.71. The molecule has 0 radical (unpaired) electrons. The van der Waals surface area contributed by atoms with Crippen LogP contribution in [0.15, 0.2) is 49.1 Å². The lowest BCUT2D eigenvalue weighted by atomic mass is 10.1. The van der Waals surface area contributed by atoms with Crippen LogP contribution in [0.4, 0.5) is 17.6 Å². The molecule has 0 spiro atoms. The van der Waals surface area contributed by atoms with E-state index >= 15 is 0 Å². The van der Waals surface area contributed by atoms with Gasteiger partial charge in [0.15, 0.2) is 5.82 Å². The van der Waals surface area contributed by atoms with Gasteiger partial charge in [0, 0.05) is 43.8 Å². The van der Waals surface area contributed by atoms with Crippen molar-refractivity contribution >= 4 is 17.7 Å². The largest absolute Gasteiger partial charge is 0.416 e. The number of amides is 1. The maximum Gasteiger partial charge on any atom is 0.416 e. The highest BCUT2D eigenvalue weighted by Crippen LogP contribution is 2.33. The molecule has 2 heterocycles. The van der Waals surface area contributed by atoms with Crippen molar-refractivity contribution in [1.82, 2.24) is 24.6 Å². The molecular weight excluding hydrogens is 402 g/mol. The highest BCUT2D eigenvalue weighted by Gasteiger charge is 2.31. The van der Waals surface area contributed by atoms with Gasteiger partial charge in [-0.15, -0.1) is 5.10 Å². The Morgan fingerprint density at radius 2 is 2.00 bits per heavy atom. The van der Waals surface area contributed by atoms with Crippen molar-refractivity contribution in [2.75, 3.05) is 14.1 Å². The third-order valence-corrected chi connectivity index (χ3v) is 4.11.